The molecule has 35 heavy (non-hydrogen) atoms. The molecule has 0 unspecified atom stereocenters. The summed E-state index contributed by atoms with van der Waals surface area (Å²) in [5.41, 5.74) is 4.12. The van der Waals surface area contributed by atoms with E-state index in [-0.39, 0.29) is 24.3 Å². The predicted octanol–water partition coefficient (Wildman–Crippen LogP) is 6.00. The molecule has 1 fully saturated rings. The van der Waals surface area contributed by atoms with Crippen molar-refractivity contribution in [3.8, 4) is 0 Å². The van der Waals surface area contributed by atoms with E-state index in [4.69, 9.17) is 0 Å². The fourth-order valence-corrected chi connectivity index (χ4v) is 5.05. The quantitative estimate of drug-likeness (QED) is 0.367. The summed E-state index contributed by atoms with van der Waals surface area (Å²) in [4.78, 5) is 29.3. The van der Waals surface area contributed by atoms with Gasteiger partial charge in [0, 0.05) is 23.5 Å². The first-order chi connectivity index (χ1) is 17.0. The molecule has 2 amide bonds. The van der Waals surface area contributed by atoms with Crippen LogP contribution in [0.5, 0.6) is 0 Å². The van der Waals surface area contributed by atoms with Crippen molar-refractivity contribution in [3.05, 3.63) is 106 Å². The molecule has 4 rings (SSSR count). The molecule has 0 bridgehead atoms. The van der Waals surface area contributed by atoms with E-state index >= 15 is 0 Å². The molecule has 1 aliphatic carbocycles. The Labute approximate surface area is 216 Å². The van der Waals surface area contributed by atoms with Gasteiger partial charge in [-0.05, 0) is 54.2 Å². The van der Waals surface area contributed by atoms with Crippen LogP contribution in [0.2, 0.25) is 0 Å². The molecule has 182 valence electrons. The van der Waals surface area contributed by atoms with Gasteiger partial charge in [-0.25, -0.2) is 0 Å². The van der Waals surface area contributed by atoms with Crippen LogP contribution in [0.1, 0.15) is 47.9 Å². The first kappa shape index (κ1) is 25.2. The maximum absolute atomic E-state index is 13.8. The number of amides is 2. The summed E-state index contributed by atoms with van der Waals surface area (Å²) >= 11 is 3.49. The van der Waals surface area contributed by atoms with Gasteiger partial charge in [0.1, 0.15) is 6.04 Å². The van der Waals surface area contributed by atoms with Crippen molar-refractivity contribution >= 4 is 27.7 Å². The Bertz CT molecular complexity index is 1120. The summed E-state index contributed by atoms with van der Waals surface area (Å²) < 4.78 is 0.985. The second-order valence-electron chi connectivity index (χ2n) is 9.45. The minimum atomic E-state index is -0.585. The van der Waals surface area contributed by atoms with Crippen molar-refractivity contribution in [1.82, 2.24) is 10.2 Å². The Kier molecular flexibility index (Phi) is 8.75. The lowest BCUT2D eigenvalue weighted by Gasteiger charge is -2.32. The number of nitrogens with zero attached hydrogens (tertiary/aromatic N) is 1. The average molecular weight is 534 g/mol. The van der Waals surface area contributed by atoms with E-state index in [1.54, 1.807) is 4.90 Å². The molecule has 4 nitrogen and oxygen atoms in total. The normalized spacial score (nSPS) is 14.5. The van der Waals surface area contributed by atoms with Crippen LogP contribution in [0.4, 0.5) is 0 Å². The lowest BCUT2D eigenvalue weighted by atomic mass is 10.00. The number of nitrogens with one attached hydrogen (secondary N) is 1. The fourth-order valence-electron chi connectivity index (χ4n) is 4.78. The zero-order valence-corrected chi connectivity index (χ0v) is 21.8. The average Bonchev–Trinajstić information content (AvgIpc) is 3.37. The third-order valence-electron chi connectivity index (χ3n) is 6.84. The van der Waals surface area contributed by atoms with Gasteiger partial charge in [-0.2, -0.15) is 0 Å². The van der Waals surface area contributed by atoms with Crippen LogP contribution in [0.25, 0.3) is 0 Å². The third-order valence-corrected chi connectivity index (χ3v) is 7.37. The van der Waals surface area contributed by atoms with E-state index in [1.165, 1.54) is 0 Å². The zero-order chi connectivity index (χ0) is 24.6. The Morgan fingerprint density at radius 1 is 0.914 bits per heavy atom. The van der Waals surface area contributed by atoms with Gasteiger partial charge >= 0.3 is 0 Å². The molecule has 0 aromatic heterocycles. The summed E-state index contributed by atoms with van der Waals surface area (Å²) in [6, 6.07) is 25.5. The summed E-state index contributed by atoms with van der Waals surface area (Å²) in [5, 5.41) is 3.26. The SMILES string of the molecule is Cc1ccccc1CC(=O)N(Cc1ccc(Br)cc1)[C@@H](Cc1ccccc1)C(=O)NC1CCCC1. The van der Waals surface area contributed by atoms with E-state index in [2.05, 4.69) is 21.2 Å². The van der Waals surface area contributed by atoms with Crippen LogP contribution in [-0.2, 0) is 29.0 Å². The van der Waals surface area contributed by atoms with Crippen molar-refractivity contribution in [2.75, 3.05) is 0 Å². The highest BCUT2D eigenvalue weighted by molar-refractivity contribution is 9.10. The highest BCUT2D eigenvalue weighted by Crippen LogP contribution is 2.21. The van der Waals surface area contributed by atoms with Crippen LogP contribution in [0.3, 0.4) is 0 Å². The zero-order valence-electron chi connectivity index (χ0n) is 20.3. The second kappa shape index (κ2) is 12.2. The van der Waals surface area contributed by atoms with E-state index in [1.807, 2.05) is 85.8 Å². The van der Waals surface area contributed by atoms with Gasteiger partial charge < -0.3 is 10.2 Å². The standard InChI is InChI=1S/C30H33BrN2O2/c1-22-9-5-6-12-25(22)20-29(34)33(21-24-15-17-26(31)18-16-24)28(19-23-10-3-2-4-11-23)30(35)32-27-13-7-8-14-27/h2-6,9-12,15-18,27-28H,7-8,13-14,19-21H2,1H3,(H,32,35)/t28-/m0/s1. The molecule has 0 spiro atoms. The van der Waals surface area contributed by atoms with Gasteiger partial charge in [0.05, 0.1) is 6.42 Å². The molecule has 1 saturated carbocycles. The van der Waals surface area contributed by atoms with Crippen molar-refractivity contribution in [3.63, 3.8) is 0 Å². The molecule has 0 radical (unpaired) electrons. The topological polar surface area (TPSA) is 49.4 Å². The Morgan fingerprint density at radius 2 is 1.57 bits per heavy atom. The van der Waals surface area contributed by atoms with Crippen molar-refractivity contribution in [2.45, 2.75) is 64.1 Å². The van der Waals surface area contributed by atoms with Gasteiger partial charge in [0.25, 0.3) is 0 Å². The van der Waals surface area contributed by atoms with Gasteiger partial charge in [0.15, 0.2) is 0 Å². The first-order valence-electron chi connectivity index (χ1n) is 12.4. The van der Waals surface area contributed by atoms with Crippen LogP contribution in [0.15, 0.2) is 83.3 Å². The second-order valence-corrected chi connectivity index (χ2v) is 10.4. The number of hydrogen-bond acceptors (Lipinski definition) is 2. The summed E-state index contributed by atoms with van der Waals surface area (Å²) in [5.74, 6) is -0.0966. The van der Waals surface area contributed by atoms with Crippen LogP contribution >= 0.6 is 15.9 Å². The molecule has 3 aromatic carbocycles. The van der Waals surface area contributed by atoms with Crippen molar-refractivity contribution in [2.24, 2.45) is 0 Å². The molecule has 3 aromatic rings. The molecule has 1 N–H and O–H groups in total. The van der Waals surface area contributed by atoms with Gasteiger partial charge in [-0.15, -0.1) is 0 Å². The largest absolute Gasteiger partial charge is 0.352 e. The lowest BCUT2D eigenvalue weighted by molar-refractivity contribution is -0.141. The molecule has 5 heteroatoms. The van der Waals surface area contributed by atoms with Crippen LogP contribution < -0.4 is 5.32 Å². The molecule has 1 atom stereocenters. The number of halogens is 1. The smallest absolute Gasteiger partial charge is 0.243 e. The lowest BCUT2D eigenvalue weighted by Crippen LogP contribution is -2.52. The summed E-state index contributed by atoms with van der Waals surface area (Å²) in [6.45, 7) is 2.41. The predicted molar refractivity (Wildman–Crippen MR) is 144 cm³/mol. The maximum atomic E-state index is 13.8. The van der Waals surface area contributed by atoms with E-state index in [9.17, 15) is 9.59 Å². The Morgan fingerprint density at radius 3 is 2.26 bits per heavy atom. The molecule has 0 aliphatic heterocycles. The van der Waals surface area contributed by atoms with Crippen molar-refractivity contribution < 1.29 is 9.59 Å². The maximum Gasteiger partial charge on any atom is 0.243 e. The Balaban J connectivity index is 1.66. The van der Waals surface area contributed by atoms with Gasteiger partial charge in [-0.3, -0.25) is 9.59 Å². The molecule has 0 heterocycles. The number of benzene rings is 3. The highest BCUT2D eigenvalue weighted by atomic mass is 79.9. The third kappa shape index (κ3) is 7.04. The highest BCUT2D eigenvalue weighted by Gasteiger charge is 2.32. The minimum Gasteiger partial charge on any atom is -0.352 e. The first-order valence-corrected chi connectivity index (χ1v) is 13.2. The number of carbonyl (C=O) groups is 2. The van der Waals surface area contributed by atoms with E-state index < -0.39 is 6.04 Å². The molecule has 1 aliphatic rings. The summed E-state index contributed by atoms with van der Waals surface area (Å²) in [7, 11) is 0. The summed E-state index contributed by atoms with van der Waals surface area (Å²) in [6.07, 6.45) is 5.05. The number of hydrogen-bond donors (Lipinski definition) is 1. The van der Waals surface area contributed by atoms with Crippen LogP contribution in [-0.4, -0.2) is 28.8 Å². The molecular formula is C30H33BrN2O2. The fraction of sp³-hybridized carbons (Fsp3) is 0.333. The monoisotopic (exact) mass is 532 g/mol. The van der Waals surface area contributed by atoms with E-state index in [0.29, 0.717) is 13.0 Å². The van der Waals surface area contributed by atoms with Crippen LogP contribution in [0, 0.1) is 6.92 Å². The number of aryl methyl sites for hydroxylation is 1. The van der Waals surface area contributed by atoms with Gasteiger partial charge in [0.2, 0.25) is 11.8 Å². The molecular weight excluding hydrogens is 500 g/mol. The van der Waals surface area contributed by atoms with Crippen molar-refractivity contribution in [1.29, 1.82) is 0 Å². The molecule has 0 saturated heterocycles. The number of carbonyl (C=O) groups excluding carboxylic acids is 2. The van der Waals surface area contributed by atoms with Gasteiger partial charge in [-0.1, -0.05) is 95.5 Å². The Hall–Kier alpha value is -2.92. The minimum absolute atomic E-state index is 0.0373. The number of rotatable bonds is 9. The van der Waals surface area contributed by atoms with E-state index in [0.717, 1.165) is 52.4 Å².